The summed E-state index contributed by atoms with van der Waals surface area (Å²) in [6, 6.07) is 5.75. The van der Waals surface area contributed by atoms with Crippen LogP contribution in [0.1, 0.15) is 45.6 Å². The number of carboxylic acid groups (broad SMARTS) is 1. The van der Waals surface area contributed by atoms with Crippen molar-refractivity contribution < 1.29 is 23.9 Å². The van der Waals surface area contributed by atoms with Crippen molar-refractivity contribution in [2.75, 3.05) is 19.6 Å². The van der Waals surface area contributed by atoms with E-state index >= 15 is 0 Å². The second-order valence-corrected chi connectivity index (χ2v) is 7.55. The molecule has 2 rings (SSSR count). The summed E-state index contributed by atoms with van der Waals surface area (Å²) in [4.78, 5) is 39.1. The van der Waals surface area contributed by atoms with Crippen molar-refractivity contribution in [2.24, 2.45) is 0 Å². The van der Waals surface area contributed by atoms with Gasteiger partial charge < -0.3 is 14.9 Å². The quantitative estimate of drug-likeness (QED) is 0.854. The Morgan fingerprint density at radius 2 is 1.81 bits per heavy atom. The van der Waals surface area contributed by atoms with Gasteiger partial charge in [0.2, 0.25) is 11.8 Å². The highest BCUT2D eigenvalue weighted by atomic mass is 19.1. The maximum absolute atomic E-state index is 13.2. The molecule has 1 heterocycles. The standard InChI is InChI=1S/C20H27FN2O4/c1-14(24)23(13-18(25)26)17-5-4-11-22(12-10-17)19(27)20(2,3)15-6-8-16(21)9-7-15/h6-9,17H,4-5,10-13H2,1-3H3,(H,25,26). The van der Waals surface area contributed by atoms with E-state index in [1.807, 2.05) is 13.8 Å². The fourth-order valence-corrected chi connectivity index (χ4v) is 3.62. The number of aliphatic carboxylic acids is 1. The second-order valence-electron chi connectivity index (χ2n) is 7.55. The molecule has 0 aliphatic carbocycles. The third-order valence-electron chi connectivity index (χ3n) is 5.24. The number of carbonyl (C=O) groups is 3. The van der Waals surface area contributed by atoms with Gasteiger partial charge in [0.25, 0.3) is 0 Å². The molecule has 1 aliphatic rings. The molecule has 27 heavy (non-hydrogen) atoms. The number of halogens is 1. The predicted octanol–water partition coefficient (Wildman–Crippen LogP) is 2.42. The highest BCUT2D eigenvalue weighted by Gasteiger charge is 2.35. The Balaban J connectivity index is 2.10. The van der Waals surface area contributed by atoms with E-state index in [4.69, 9.17) is 5.11 Å². The minimum atomic E-state index is -1.04. The molecule has 0 saturated carbocycles. The predicted molar refractivity (Wildman–Crippen MR) is 98.7 cm³/mol. The second kappa shape index (κ2) is 8.50. The smallest absolute Gasteiger partial charge is 0.323 e. The average molecular weight is 378 g/mol. The Labute approximate surface area is 158 Å². The van der Waals surface area contributed by atoms with Gasteiger partial charge in [0.1, 0.15) is 12.4 Å². The van der Waals surface area contributed by atoms with Crippen LogP contribution in [0.5, 0.6) is 0 Å². The van der Waals surface area contributed by atoms with E-state index in [0.717, 1.165) is 5.56 Å². The van der Waals surface area contributed by atoms with Crippen LogP contribution in [0.15, 0.2) is 24.3 Å². The molecule has 148 valence electrons. The summed E-state index contributed by atoms with van der Waals surface area (Å²) >= 11 is 0. The van der Waals surface area contributed by atoms with Crippen LogP contribution in [0.4, 0.5) is 4.39 Å². The summed E-state index contributed by atoms with van der Waals surface area (Å²) in [5, 5.41) is 9.04. The van der Waals surface area contributed by atoms with Crippen LogP contribution in [0.25, 0.3) is 0 Å². The molecule has 7 heteroatoms. The third-order valence-corrected chi connectivity index (χ3v) is 5.24. The van der Waals surface area contributed by atoms with Crippen molar-refractivity contribution >= 4 is 17.8 Å². The molecule has 1 aromatic rings. The number of rotatable bonds is 5. The topological polar surface area (TPSA) is 77.9 Å². The SMILES string of the molecule is CC(=O)N(CC(=O)O)C1CCCN(C(=O)C(C)(C)c2ccc(F)cc2)CC1. The molecule has 1 fully saturated rings. The van der Waals surface area contributed by atoms with Crippen molar-refractivity contribution in [3.8, 4) is 0 Å². The monoisotopic (exact) mass is 378 g/mol. The van der Waals surface area contributed by atoms with Gasteiger partial charge in [0.15, 0.2) is 0 Å². The number of nitrogens with zero attached hydrogens (tertiary/aromatic N) is 2. The normalized spacial score (nSPS) is 17.9. The van der Waals surface area contributed by atoms with E-state index in [-0.39, 0.29) is 30.2 Å². The lowest BCUT2D eigenvalue weighted by Crippen LogP contribution is -2.45. The van der Waals surface area contributed by atoms with E-state index in [2.05, 4.69) is 0 Å². The van der Waals surface area contributed by atoms with E-state index in [0.29, 0.717) is 32.4 Å². The van der Waals surface area contributed by atoms with Crippen molar-refractivity contribution in [2.45, 2.75) is 51.5 Å². The number of amides is 2. The van der Waals surface area contributed by atoms with E-state index in [1.54, 1.807) is 17.0 Å². The molecule has 0 aromatic heterocycles. The highest BCUT2D eigenvalue weighted by Crippen LogP contribution is 2.28. The average Bonchev–Trinajstić information content (AvgIpc) is 2.85. The molecule has 1 saturated heterocycles. The number of likely N-dealkylation sites (tertiary alicyclic amines) is 1. The number of hydrogen-bond acceptors (Lipinski definition) is 3. The Bertz CT molecular complexity index is 702. The molecule has 1 atom stereocenters. The van der Waals surface area contributed by atoms with Crippen LogP contribution in [-0.2, 0) is 19.8 Å². The first kappa shape index (κ1) is 20.9. The van der Waals surface area contributed by atoms with Gasteiger partial charge in [-0.25, -0.2) is 4.39 Å². The van der Waals surface area contributed by atoms with Crippen molar-refractivity contribution in [1.29, 1.82) is 0 Å². The third kappa shape index (κ3) is 5.05. The zero-order valence-corrected chi connectivity index (χ0v) is 16.1. The van der Waals surface area contributed by atoms with Crippen molar-refractivity contribution in [3.63, 3.8) is 0 Å². The van der Waals surface area contributed by atoms with Gasteiger partial charge in [-0.1, -0.05) is 12.1 Å². The lowest BCUT2D eigenvalue weighted by molar-refractivity contribution is -0.145. The molecular weight excluding hydrogens is 351 g/mol. The zero-order chi connectivity index (χ0) is 20.2. The van der Waals surface area contributed by atoms with Gasteiger partial charge in [-0.3, -0.25) is 14.4 Å². The van der Waals surface area contributed by atoms with E-state index in [9.17, 15) is 18.8 Å². The lowest BCUT2D eigenvalue weighted by Gasteiger charge is -2.32. The summed E-state index contributed by atoms with van der Waals surface area (Å²) in [5.41, 5.74) is -0.0552. The Morgan fingerprint density at radius 1 is 1.19 bits per heavy atom. The molecule has 2 amide bonds. The summed E-state index contributed by atoms with van der Waals surface area (Å²) in [7, 11) is 0. The fourth-order valence-electron chi connectivity index (χ4n) is 3.62. The summed E-state index contributed by atoms with van der Waals surface area (Å²) < 4.78 is 13.2. The minimum Gasteiger partial charge on any atom is -0.480 e. The minimum absolute atomic E-state index is 0.0534. The van der Waals surface area contributed by atoms with Crippen LogP contribution >= 0.6 is 0 Å². The summed E-state index contributed by atoms with van der Waals surface area (Å²) in [6.45, 7) is 5.69. The molecule has 0 radical (unpaired) electrons. The van der Waals surface area contributed by atoms with Gasteiger partial charge in [-0.05, 0) is 50.8 Å². The van der Waals surface area contributed by atoms with Crippen LogP contribution in [0, 0.1) is 5.82 Å². The molecule has 1 aliphatic heterocycles. The molecule has 1 unspecified atom stereocenters. The van der Waals surface area contributed by atoms with Crippen LogP contribution in [-0.4, -0.2) is 58.4 Å². The lowest BCUT2D eigenvalue weighted by atomic mass is 9.83. The van der Waals surface area contributed by atoms with E-state index in [1.165, 1.54) is 24.0 Å². The molecule has 1 aromatic carbocycles. The van der Waals surface area contributed by atoms with Crippen LogP contribution in [0.2, 0.25) is 0 Å². The Hall–Kier alpha value is -2.44. The Morgan fingerprint density at radius 3 is 2.37 bits per heavy atom. The molecule has 0 spiro atoms. The van der Waals surface area contributed by atoms with Gasteiger partial charge in [0.05, 0.1) is 5.41 Å². The molecule has 0 bridgehead atoms. The van der Waals surface area contributed by atoms with Crippen molar-refractivity contribution in [3.05, 3.63) is 35.6 Å². The summed E-state index contributed by atoms with van der Waals surface area (Å²) in [5.74, 6) is -1.71. The first-order valence-electron chi connectivity index (χ1n) is 9.17. The van der Waals surface area contributed by atoms with Crippen LogP contribution < -0.4 is 0 Å². The van der Waals surface area contributed by atoms with Gasteiger partial charge >= 0.3 is 5.97 Å². The van der Waals surface area contributed by atoms with Crippen molar-refractivity contribution in [1.82, 2.24) is 9.80 Å². The molecule has 1 N–H and O–H groups in total. The van der Waals surface area contributed by atoms with E-state index < -0.39 is 11.4 Å². The molecular formula is C20H27FN2O4. The number of carboxylic acids is 1. The number of benzene rings is 1. The van der Waals surface area contributed by atoms with Gasteiger partial charge in [-0.15, -0.1) is 0 Å². The first-order chi connectivity index (χ1) is 12.6. The first-order valence-corrected chi connectivity index (χ1v) is 9.17. The van der Waals surface area contributed by atoms with Gasteiger partial charge in [0, 0.05) is 26.1 Å². The molecule has 6 nitrogen and oxygen atoms in total. The number of hydrogen-bond donors (Lipinski definition) is 1. The highest BCUT2D eigenvalue weighted by molar-refractivity contribution is 5.87. The maximum atomic E-state index is 13.2. The van der Waals surface area contributed by atoms with Gasteiger partial charge in [-0.2, -0.15) is 0 Å². The maximum Gasteiger partial charge on any atom is 0.323 e. The van der Waals surface area contributed by atoms with Crippen LogP contribution in [0.3, 0.4) is 0 Å². The fraction of sp³-hybridized carbons (Fsp3) is 0.550. The zero-order valence-electron chi connectivity index (χ0n) is 16.1. The largest absolute Gasteiger partial charge is 0.480 e. The Kier molecular flexibility index (Phi) is 6.57. The summed E-state index contributed by atoms with van der Waals surface area (Å²) in [6.07, 6.45) is 1.89. The number of carbonyl (C=O) groups excluding carboxylic acids is 2.